The lowest BCUT2D eigenvalue weighted by molar-refractivity contribution is 0.693. The normalized spacial score (nSPS) is 18.9. The molecule has 1 N–H and O–H groups in total. The number of thiophene rings is 1. The molecule has 1 heterocycles. The minimum absolute atomic E-state index is 0.918. The molecule has 1 saturated carbocycles. The summed E-state index contributed by atoms with van der Waals surface area (Å²) in [5, 5.41) is 3.55. The SMILES string of the molecule is C=C(NCC1CC1)c1c(C)sc2c1CCCC2. The Labute approximate surface area is 108 Å². The van der Waals surface area contributed by atoms with Gasteiger partial charge in [-0.25, -0.2) is 0 Å². The van der Waals surface area contributed by atoms with Crippen molar-refractivity contribution in [1.29, 1.82) is 0 Å². The predicted molar refractivity (Wildman–Crippen MR) is 75.5 cm³/mol. The maximum Gasteiger partial charge on any atom is 0.0354 e. The Morgan fingerprint density at radius 2 is 2.12 bits per heavy atom. The average Bonchev–Trinajstić information content (AvgIpc) is 3.07. The van der Waals surface area contributed by atoms with Crippen molar-refractivity contribution in [3.63, 3.8) is 0 Å². The highest BCUT2D eigenvalue weighted by Gasteiger charge is 2.23. The van der Waals surface area contributed by atoms with Crippen LogP contribution in [-0.2, 0) is 12.8 Å². The van der Waals surface area contributed by atoms with Crippen LogP contribution in [-0.4, -0.2) is 6.54 Å². The number of hydrogen-bond donors (Lipinski definition) is 1. The standard InChI is InChI=1S/C15H21NS/c1-10(16-9-12-7-8-12)15-11(2)17-14-6-4-3-5-13(14)15/h12,16H,1,3-9H2,2H3. The van der Waals surface area contributed by atoms with Crippen molar-refractivity contribution in [3.8, 4) is 0 Å². The number of hydrogen-bond acceptors (Lipinski definition) is 2. The molecule has 3 rings (SSSR count). The molecular formula is C15H21NS. The first-order valence-electron chi connectivity index (χ1n) is 6.80. The second-order valence-electron chi connectivity index (χ2n) is 5.44. The van der Waals surface area contributed by atoms with Crippen LogP contribution in [0.25, 0.3) is 5.70 Å². The summed E-state index contributed by atoms with van der Waals surface area (Å²) in [7, 11) is 0. The third-order valence-electron chi connectivity index (χ3n) is 3.95. The molecule has 17 heavy (non-hydrogen) atoms. The van der Waals surface area contributed by atoms with E-state index in [-0.39, 0.29) is 0 Å². The summed E-state index contributed by atoms with van der Waals surface area (Å²) in [6.07, 6.45) is 8.08. The van der Waals surface area contributed by atoms with Gasteiger partial charge in [-0.15, -0.1) is 11.3 Å². The Bertz CT molecular complexity index is 440. The van der Waals surface area contributed by atoms with Crippen LogP contribution in [0.2, 0.25) is 0 Å². The lowest BCUT2D eigenvalue weighted by Crippen LogP contribution is -2.16. The molecule has 2 aliphatic carbocycles. The molecular weight excluding hydrogens is 226 g/mol. The second kappa shape index (κ2) is 4.49. The Hall–Kier alpha value is -0.760. The van der Waals surface area contributed by atoms with Gasteiger partial charge >= 0.3 is 0 Å². The highest BCUT2D eigenvalue weighted by atomic mass is 32.1. The van der Waals surface area contributed by atoms with Crippen molar-refractivity contribution >= 4 is 17.0 Å². The first-order valence-corrected chi connectivity index (χ1v) is 7.61. The maximum atomic E-state index is 4.26. The van der Waals surface area contributed by atoms with E-state index < -0.39 is 0 Å². The molecule has 0 unspecified atom stereocenters. The van der Waals surface area contributed by atoms with Crippen molar-refractivity contribution in [2.24, 2.45) is 5.92 Å². The number of nitrogens with one attached hydrogen (secondary N) is 1. The minimum atomic E-state index is 0.918. The first-order chi connectivity index (χ1) is 8.25. The van der Waals surface area contributed by atoms with Gasteiger partial charge in [0.15, 0.2) is 0 Å². The van der Waals surface area contributed by atoms with Gasteiger partial charge in [0, 0.05) is 27.6 Å². The van der Waals surface area contributed by atoms with E-state index in [1.807, 2.05) is 11.3 Å². The number of aryl methyl sites for hydroxylation is 2. The summed E-state index contributed by atoms with van der Waals surface area (Å²) >= 11 is 1.99. The van der Waals surface area contributed by atoms with Gasteiger partial charge in [0.1, 0.15) is 0 Å². The minimum Gasteiger partial charge on any atom is -0.385 e. The molecule has 2 heteroatoms. The molecule has 0 radical (unpaired) electrons. The molecule has 1 nitrogen and oxygen atoms in total. The van der Waals surface area contributed by atoms with Crippen LogP contribution in [0.15, 0.2) is 6.58 Å². The van der Waals surface area contributed by atoms with Crippen molar-refractivity contribution in [3.05, 3.63) is 27.5 Å². The fourth-order valence-electron chi connectivity index (χ4n) is 2.78. The monoisotopic (exact) mass is 247 g/mol. The maximum absolute atomic E-state index is 4.26. The van der Waals surface area contributed by atoms with E-state index in [4.69, 9.17) is 0 Å². The fraction of sp³-hybridized carbons (Fsp3) is 0.600. The van der Waals surface area contributed by atoms with Gasteiger partial charge in [-0.1, -0.05) is 6.58 Å². The Morgan fingerprint density at radius 3 is 2.88 bits per heavy atom. The largest absolute Gasteiger partial charge is 0.385 e. The van der Waals surface area contributed by atoms with E-state index in [1.54, 1.807) is 10.4 Å². The molecule has 0 saturated heterocycles. The van der Waals surface area contributed by atoms with Gasteiger partial charge < -0.3 is 5.32 Å². The third kappa shape index (κ3) is 2.28. The lowest BCUT2D eigenvalue weighted by Gasteiger charge is -2.15. The summed E-state index contributed by atoms with van der Waals surface area (Å²) in [6.45, 7) is 7.64. The van der Waals surface area contributed by atoms with Crippen LogP contribution < -0.4 is 5.32 Å². The molecule has 1 fully saturated rings. The quantitative estimate of drug-likeness (QED) is 0.850. The van der Waals surface area contributed by atoms with Gasteiger partial charge in [0.05, 0.1) is 0 Å². The predicted octanol–water partition coefficient (Wildman–Crippen LogP) is 3.91. The molecule has 1 aromatic heterocycles. The second-order valence-corrected chi connectivity index (χ2v) is 6.75. The summed E-state index contributed by atoms with van der Waals surface area (Å²) in [6, 6.07) is 0. The number of fused-ring (bicyclic) bond motifs is 1. The smallest absolute Gasteiger partial charge is 0.0354 e. The van der Waals surface area contributed by atoms with E-state index in [0.29, 0.717) is 0 Å². The molecule has 0 bridgehead atoms. The summed E-state index contributed by atoms with van der Waals surface area (Å²) in [4.78, 5) is 3.09. The van der Waals surface area contributed by atoms with E-state index in [0.717, 1.165) is 12.5 Å². The zero-order chi connectivity index (χ0) is 11.8. The van der Waals surface area contributed by atoms with Crippen molar-refractivity contribution in [2.75, 3.05) is 6.54 Å². The Morgan fingerprint density at radius 1 is 1.35 bits per heavy atom. The molecule has 0 spiro atoms. The van der Waals surface area contributed by atoms with E-state index in [9.17, 15) is 0 Å². The molecule has 0 aliphatic heterocycles. The Kier molecular flexibility index (Phi) is 2.99. The molecule has 0 amide bonds. The summed E-state index contributed by atoms with van der Waals surface area (Å²) < 4.78 is 0. The van der Waals surface area contributed by atoms with Crippen molar-refractivity contribution < 1.29 is 0 Å². The molecule has 0 aromatic carbocycles. The van der Waals surface area contributed by atoms with Gasteiger partial charge in [0.2, 0.25) is 0 Å². The third-order valence-corrected chi connectivity index (χ3v) is 5.16. The molecule has 1 aromatic rings. The zero-order valence-corrected chi connectivity index (χ0v) is 11.5. The van der Waals surface area contributed by atoms with Crippen LogP contribution in [0.3, 0.4) is 0 Å². The van der Waals surface area contributed by atoms with Gasteiger partial charge in [-0.3, -0.25) is 0 Å². The summed E-state index contributed by atoms with van der Waals surface area (Å²) in [5.74, 6) is 0.918. The van der Waals surface area contributed by atoms with Crippen LogP contribution in [0.5, 0.6) is 0 Å². The van der Waals surface area contributed by atoms with E-state index in [1.165, 1.54) is 54.7 Å². The lowest BCUT2D eigenvalue weighted by atomic mass is 9.94. The van der Waals surface area contributed by atoms with E-state index in [2.05, 4.69) is 18.8 Å². The van der Waals surface area contributed by atoms with Gasteiger partial charge in [-0.05, 0) is 56.9 Å². The molecule has 0 atom stereocenters. The summed E-state index contributed by atoms with van der Waals surface area (Å²) in [5.41, 5.74) is 4.23. The zero-order valence-electron chi connectivity index (χ0n) is 10.6. The van der Waals surface area contributed by atoms with Crippen LogP contribution in [0.1, 0.15) is 46.6 Å². The van der Waals surface area contributed by atoms with Crippen LogP contribution in [0, 0.1) is 12.8 Å². The van der Waals surface area contributed by atoms with Gasteiger partial charge in [0.25, 0.3) is 0 Å². The molecule has 92 valence electrons. The van der Waals surface area contributed by atoms with E-state index >= 15 is 0 Å². The molecule has 2 aliphatic rings. The Balaban J connectivity index is 1.80. The number of rotatable bonds is 4. The fourth-order valence-corrected chi connectivity index (χ4v) is 4.07. The van der Waals surface area contributed by atoms with Crippen LogP contribution in [0.4, 0.5) is 0 Å². The van der Waals surface area contributed by atoms with Crippen molar-refractivity contribution in [1.82, 2.24) is 5.32 Å². The highest BCUT2D eigenvalue weighted by molar-refractivity contribution is 7.12. The topological polar surface area (TPSA) is 12.0 Å². The van der Waals surface area contributed by atoms with Crippen molar-refractivity contribution in [2.45, 2.75) is 45.4 Å². The highest BCUT2D eigenvalue weighted by Crippen LogP contribution is 2.37. The van der Waals surface area contributed by atoms with Gasteiger partial charge in [-0.2, -0.15) is 0 Å². The first kappa shape index (κ1) is 11.3. The van der Waals surface area contributed by atoms with Crippen LogP contribution >= 0.6 is 11.3 Å². The average molecular weight is 247 g/mol.